The standard InChI is InChI=1S/C28H31N3O3/c1-5-22(26(33)29-28(2,3)4)30(17-19-11-7-6-8-12-19)24(32)18-31-23-16-10-14-20-13-9-15-21(25(20)23)27(31)34/h6-16,22H,5,17-18H2,1-4H3,(H,29,33)/t22-/m0/s1. The van der Waals surface area contributed by atoms with Crippen molar-refractivity contribution in [3.05, 3.63) is 77.9 Å². The second-order valence-electron chi connectivity index (χ2n) is 9.74. The molecule has 0 radical (unpaired) electrons. The SMILES string of the molecule is CC[C@@H](C(=O)NC(C)(C)C)N(Cc1ccccc1)C(=O)CN1C(=O)c2cccc3cccc1c23. The van der Waals surface area contributed by atoms with E-state index in [0.717, 1.165) is 22.0 Å². The molecule has 0 saturated heterocycles. The van der Waals surface area contributed by atoms with E-state index in [1.54, 1.807) is 11.0 Å². The summed E-state index contributed by atoms with van der Waals surface area (Å²) >= 11 is 0. The molecule has 0 spiro atoms. The van der Waals surface area contributed by atoms with Crippen LogP contribution < -0.4 is 10.2 Å². The molecule has 0 bridgehead atoms. The first kappa shape index (κ1) is 23.5. The highest BCUT2D eigenvalue weighted by Gasteiger charge is 2.35. The van der Waals surface area contributed by atoms with E-state index in [4.69, 9.17) is 0 Å². The van der Waals surface area contributed by atoms with E-state index in [9.17, 15) is 14.4 Å². The number of carbonyl (C=O) groups is 3. The zero-order valence-electron chi connectivity index (χ0n) is 20.2. The molecule has 1 atom stereocenters. The molecule has 176 valence electrons. The maximum atomic E-state index is 13.7. The largest absolute Gasteiger partial charge is 0.350 e. The van der Waals surface area contributed by atoms with Gasteiger partial charge in [-0.25, -0.2) is 0 Å². The zero-order chi connectivity index (χ0) is 24.5. The molecule has 0 unspecified atom stereocenters. The predicted octanol–water partition coefficient (Wildman–Crippen LogP) is 4.52. The quantitative estimate of drug-likeness (QED) is 0.567. The van der Waals surface area contributed by atoms with Crippen LogP contribution in [-0.2, 0) is 16.1 Å². The van der Waals surface area contributed by atoms with Gasteiger partial charge in [0, 0.05) is 23.0 Å². The molecular weight excluding hydrogens is 426 g/mol. The number of nitrogens with zero attached hydrogens (tertiary/aromatic N) is 2. The maximum absolute atomic E-state index is 13.7. The summed E-state index contributed by atoms with van der Waals surface area (Å²) in [4.78, 5) is 43.3. The van der Waals surface area contributed by atoms with E-state index in [1.807, 2.05) is 88.4 Å². The van der Waals surface area contributed by atoms with Crippen LogP contribution in [0.15, 0.2) is 66.7 Å². The Morgan fingerprint density at radius 1 is 0.971 bits per heavy atom. The van der Waals surface area contributed by atoms with Crippen LogP contribution in [0, 0.1) is 0 Å². The van der Waals surface area contributed by atoms with Crippen molar-refractivity contribution in [3.8, 4) is 0 Å². The molecule has 3 aromatic rings. The molecular formula is C28H31N3O3. The van der Waals surface area contributed by atoms with Gasteiger partial charge in [0.25, 0.3) is 5.91 Å². The highest BCUT2D eigenvalue weighted by Crippen LogP contribution is 2.37. The Balaban J connectivity index is 1.65. The Morgan fingerprint density at radius 3 is 2.29 bits per heavy atom. The fourth-order valence-corrected chi connectivity index (χ4v) is 4.51. The lowest BCUT2D eigenvalue weighted by atomic mass is 10.1. The summed E-state index contributed by atoms with van der Waals surface area (Å²) in [5.41, 5.74) is 1.84. The van der Waals surface area contributed by atoms with Crippen molar-refractivity contribution in [2.45, 2.75) is 52.2 Å². The fraction of sp³-hybridized carbons (Fsp3) is 0.321. The van der Waals surface area contributed by atoms with Crippen LogP contribution in [0.4, 0.5) is 5.69 Å². The maximum Gasteiger partial charge on any atom is 0.259 e. The molecule has 1 heterocycles. The van der Waals surface area contributed by atoms with Crippen LogP contribution in [0.25, 0.3) is 10.8 Å². The van der Waals surface area contributed by atoms with E-state index < -0.39 is 11.6 Å². The van der Waals surface area contributed by atoms with Gasteiger partial charge in [-0.1, -0.05) is 61.5 Å². The van der Waals surface area contributed by atoms with Gasteiger partial charge in [0.2, 0.25) is 11.8 Å². The Hall–Kier alpha value is -3.67. The van der Waals surface area contributed by atoms with Crippen LogP contribution >= 0.6 is 0 Å². The molecule has 0 saturated carbocycles. The van der Waals surface area contributed by atoms with Gasteiger partial charge in [-0.05, 0) is 50.3 Å². The first-order valence-electron chi connectivity index (χ1n) is 11.7. The third-order valence-corrected chi connectivity index (χ3v) is 6.02. The predicted molar refractivity (Wildman–Crippen MR) is 135 cm³/mol. The van der Waals surface area contributed by atoms with Crippen molar-refractivity contribution < 1.29 is 14.4 Å². The minimum Gasteiger partial charge on any atom is -0.350 e. The van der Waals surface area contributed by atoms with Gasteiger partial charge in [0.15, 0.2) is 0 Å². The first-order valence-corrected chi connectivity index (χ1v) is 11.7. The molecule has 4 rings (SSSR count). The van der Waals surface area contributed by atoms with E-state index >= 15 is 0 Å². The topological polar surface area (TPSA) is 69.7 Å². The number of amides is 3. The molecule has 0 aliphatic carbocycles. The van der Waals surface area contributed by atoms with Crippen LogP contribution in [0.5, 0.6) is 0 Å². The molecule has 1 aliphatic heterocycles. The molecule has 34 heavy (non-hydrogen) atoms. The summed E-state index contributed by atoms with van der Waals surface area (Å²) in [5.74, 6) is -0.651. The van der Waals surface area contributed by atoms with Gasteiger partial charge >= 0.3 is 0 Å². The average Bonchev–Trinajstić information content (AvgIpc) is 3.06. The Bertz CT molecular complexity index is 1230. The van der Waals surface area contributed by atoms with Crippen molar-refractivity contribution >= 4 is 34.2 Å². The van der Waals surface area contributed by atoms with Gasteiger partial charge in [-0.3, -0.25) is 19.3 Å². The molecule has 3 aromatic carbocycles. The van der Waals surface area contributed by atoms with Crippen molar-refractivity contribution in [2.75, 3.05) is 11.4 Å². The van der Waals surface area contributed by atoms with Crippen LogP contribution in [0.1, 0.15) is 50.0 Å². The lowest BCUT2D eigenvalue weighted by molar-refractivity contribution is -0.141. The average molecular weight is 458 g/mol. The van der Waals surface area contributed by atoms with Crippen molar-refractivity contribution in [1.29, 1.82) is 0 Å². The van der Waals surface area contributed by atoms with Crippen molar-refractivity contribution in [1.82, 2.24) is 10.2 Å². The lowest BCUT2D eigenvalue weighted by Gasteiger charge is -2.34. The zero-order valence-corrected chi connectivity index (χ0v) is 20.2. The molecule has 1 aliphatic rings. The van der Waals surface area contributed by atoms with Gasteiger partial charge in [0.05, 0.1) is 5.69 Å². The number of hydrogen-bond acceptors (Lipinski definition) is 3. The minimum absolute atomic E-state index is 0.126. The summed E-state index contributed by atoms with van der Waals surface area (Å²) in [6.07, 6.45) is 0.463. The Kier molecular flexibility index (Phi) is 6.42. The van der Waals surface area contributed by atoms with Gasteiger partial charge in [-0.2, -0.15) is 0 Å². The molecule has 0 fully saturated rings. The molecule has 0 aromatic heterocycles. The number of nitrogens with one attached hydrogen (secondary N) is 1. The van der Waals surface area contributed by atoms with Gasteiger partial charge in [0.1, 0.15) is 12.6 Å². The fourth-order valence-electron chi connectivity index (χ4n) is 4.51. The molecule has 6 nitrogen and oxygen atoms in total. The number of hydrogen-bond donors (Lipinski definition) is 1. The number of carbonyl (C=O) groups excluding carboxylic acids is 3. The smallest absolute Gasteiger partial charge is 0.259 e. The summed E-state index contributed by atoms with van der Waals surface area (Å²) in [5, 5.41) is 4.85. The van der Waals surface area contributed by atoms with Crippen LogP contribution in [0.3, 0.4) is 0 Å². The van der Waals surface area contributed by atoms with Gasteiger partial charge in [-0.15, -0.1) is 0 Å². The van der Waals surface area contributed by atoms with E-state index in [2.05, 4.69) is 5.32 Å². The van der Waals surface area contributed by atoms with Crippen molar-refractivity contribution in [2.24, 2.45) is 0 Å². The Morgan fingerprint density at radius 2 is 1.65 bits per heavy atom. The highest BCUT2D eigenvalue weighted by atomic mass is 16.2. The monoisotopic (exact) mass is 457 g/mol. The summed E-state index contributed by atoms with van der Waals surface area (Å²) in [7, 11) is 0. The van der Waals surface area contributed by atoms with Crippen LogP contribution in [0.2, 0.25) is 0 Å². The van der Waals surface area contributed by atoms with E-state index in [1.165, 1.54) is 4.90 Å². The van der Waals surface area contributed by atoms with Crippen molar-refractivity contribution in [3.63, 3.8) is 0 Å². The van der Waals surface area contributed by atoms with Gasteiger partial charge < -0.3 is 10.2 Å². The minimum atomic E-state index is -0.650. The number of rotatable bonds is 7. The first-order chi connectivity index (χ1) is 16.2. The lowest BCUT2D eigenvalue weighted by Crippen LogP contribution is -2.55. The third-order valence-electron chi connectivity index (χ3n) is 6.02. The number of anilines is 1. The summed E-state index contributed by atoms with van der Waals surface area (Å²) in [6.45, 7) is 7.81. The van der Waals surface area contributed by atoms with Crippen LogP contribution in [-0.4, -0.2) is 40.7 Å². The second kappa shape index (κ2) is 9.29. The molecule has 1 N–H and O–H groups in total. The second-order valence-corrected chi connectivity index (χ2v) is 9.74. The number of benzene rings is 3. The summed E-state index contributed by atoms with van der Waals surface area (Å²) < 4.78 is 0. The highest BCUT2D eigenvalue weighted by molar-refractivity contribution is 6.26. The Labute approximate surface area is 200 Å². The van der Waals surface area contributed by atoms with E-state index in [0.29, 0.717) is 12.0 Å². The third kappa shape index (κ3) is 4.67. The summed E-state index contributed by atoms with van der Waals surface area (Å²) in [6, 6.07) is 20.3. The molecule has 3 amide bonds. The van der Waals surface area contributed by atoms with E-state index in [-0.39, 0.29) is 30.8 Å². The normalized spacial score (nSPS) is 13.8. The molecule has 6 heteroatoms.